The molecule has 2 aromatic carbocycles. The SMILES string of the molecule is C=C(c1ccc(C(F)(F)F)cc1OCC)N(C(C)=O)C(/C(C)=C/C)C(C)c1ccc(O)cc1. The van der Waals surface area contributed by atoms with Crippen LogP contribution in [-0.4, -0.2) is 28.6 Å². The molecule has 178 valence electrons. The fourth-order valence-electron chi connectivity index (χ4n) is 3.85. The van der Waals surface area contributed by atoms with E-state index in [2.05, 4.69) is 6.58 Å². The fraction of sp³-hybridized carbons (Fsp3) is 0.346. The van der Waals surface area contributed by atoms with Gasteiger partial charge in [-0.15, -0.1) is 0 Å². The van der Waals surface area contributed by atoms with E-state index >= 15 is 0 Å². The summed E-state index contributed by atoms with van der Waals surface area (Å²) < 4.78 is 45.3. The van der Waals surface area contributed by atoms with E-state index in [1.807, 2.05) is 26.8 Å². The lowest BCUT2D eigenvalue weighted by atomic mass is 9.86. The molecule has 1 N–H and O–H groups in total. The molecule has 0 saturated carbocycles. The van der Waals surface area contributed by atoms with Crippen LogP contribution in [0, 0.1) is 0 Å². The highest BCUT2D eigenvalue weighted by atomic mass is 19.4. The van der Waals surface area contributed by atoms with Gasteiger partial charge in [-0.25, -0.2) is 0 Å². The van der Waals surface area contributed by atoms with E-state index in [1.165, 1.54) is 17.9 Å². The molecule has 0 aliphatic carbocycles. The molecule has 0 bridgehead atoms. The predicted octanol–water partition coefficient (Wildman–Crippen LogP) is 6.77. The summed E-state index contributed by atoms with van der Waals surface area (Å²) in [5.74, 6) is -0.367. The van der Waals surface area contributed by atoms with E-state index in [-0.39, 0.29) is 35.6 Å². The van der Waals surface area contributed by atoms with Crippen LogP contribution in [0.15, 0.2) is 60.7 Å². The molecule has 0 saturated heterocycles. The molecule has 0 aromatic heterocycles. The van der Waals surface area contributed by atoms with E-state index in [0.29, 0.717) is 5.56 Å². The largest absolute Gasteiger partial charge is 0.508 e. The number of halogens is 3. The van der Waals surface area contributed by atoms with Gasteiger partial charge in [-0.3, -0.25) is 4.79 Å². The average molecular weight is 462 g/mol. The number of carbonyl (C=O) groups excluding carboxylic acids is 1. The van der Waals surface area contributed by atoms with Crippen LogP contribution >= 0.6 is 0 Å². The monoisotopic (exact) mass is 461 g/mol. The molecular formula is C26H30F3NO3. The molecule has 2 aromatic rings. The van der Waals surface area contributed by atoms with Crippen molar-refractivity contribution in [3.05, 3.63) is 77.4 Å². The van der Waals surface area contributed by atoms with Crippen molar-refractivity contribution in [2.45, 2.75) is 52.8 Å². The topological polar surface area (TPSA) is 49.8 Å². The minimum atomic E-state index is -4.52. The lowest BCUT2D eigenvalue weighted by molar-refractivity contribution is -0.137. The van der Waals surface area contributed by atoms with Gasteiger partial charge in [0.25, 0.3) is 0 Å². The van der Waals surface area contributed by atoms with Gasteiger partial charge >= 0.3 is 6.18 Å². The van der Waals surface area contributed by atoms with Gasteiger partial charge in [0.15, 0.2) is 0 Å². The van der Waals surface area contributed by atoms with Gasteiger partial charge in [0.1, 0.15) is 11.5 Å². The number of benzene rings is 2. The van der Waals surface area contributed by atoms with E-state index < -0.39 is 17.8 Å². The summed E-state index contributed by atoms with van der Waals surface area (Å²) in [6, 6.07) is 9.43. The molecule has 7 heteroatoms. The number of nitrogens with zero attached hydrogens (tertiary/aromatic N) is 1. The highest BCUT2D eigenvalue weighted by Crippen LogP contribution is 2.39. The van der Waals surface area contributed by atoms with E-state index in [1.54, 1.807) is 31.2 Å². The Labute approximate surface area is 193 Å². The number of hydrogen-bond donors (Lipinski definition) is 1. The number of phenols is 1. The molecule has 0 aliphatic rings. The Morgan fingerprint density at radius 2 is 1.79 bits per heavy atom. The number of rotatable bonds is 8. The summed E-state index contributed by atoms with van der Waals surface area (Å²) in [7, 11) is 0. The van der Waals surface area contributed by atoms with Crippen LogP contribution in [0.3, 0.4) is 0 Å². The molecular weight excluding hydrogens is 431 g/mol. The second kappa shape index (κ2) is 10.6. The second-order valence-electron chi connectivity index (χ2n) is 7.84. The molecule has 0 heterocycles. The minimum absolute atomic E-state index is 0.0118. The third-order valence-electron chi connectivity index (χ3n) is 5.64. The Morgan fingerprint density at radius 1 is 1.18 bits per heavy atom. The van der Waals surface area contributed by atoms with E-state index in [4.69, 9.17) is 4.74 Å². The van der Waals surface area contributed by atoms with Crippen molar-refractivity contribution >= 4 is 11.6 Å². The Hall–Kier alpha value is -3.22. The molecule has 2 atom stereocenters. The maximum atomic E-state index is 13.3. The summed E-state index contributed by atoms with van der Waals surface area (Å²) in [6.45, 7) is 13.0. The van der Waals surface area contributed by atoms with Gasteiger partial charge < -0.3 is 14.7 Å². The Balaban J connectivity index is 2.61. The van der Waals surface area contributed by atoms with Crippen LogP contribution in [0.2, 0.25) is 0 Å². The molecule has 2 unspecified atom stereocenters. The molecule has 1 amide bonds. The number of aromatic hydroxyl groups is 1. The van der Waals surface area contributed by atoms with Gasteiger partial charge in [0, 0.05) is 24.1 Å². The number of carbonyl (C=O) groups is 1. The zero-order valence-electron chi connectivity index (χ0n) is 19.5. The molecule has 0 radical (unpaired) electrons. The van der Waals surface area contributed by atoms with Crippen molar-refractivity contribution < 1.29 is 27.8 Å². The Bertz CT molecular complexity index is 1030. The first-order chi connectivity index (χ1) is 15.4. The predicted molar refractivity (Wildman–Crippen MR) is 124 cm³/mol. The van der Waals surface area contributed by atoms with Crippen LogP contribution in [0.25, 0.3) is 5.70 Å². The van der Waals surface area contributed by atoms with E-state index in [9.17, 15) is 23.1 Å². The third-order valence-corrected chi connectivity index (χ3v) is 5.64. The first kappa shape index (κ1) is 26.0. The maximum Gasteiger partial charge on any atom is 0.416 e. The number of phenolic OH excluding ortho intramolecular Hbond substituents is 1. The number of hydrogen-bond acceptors (Lipinski definition) is 3. The second-order valence-corrected chi connectivity index (χ2v) is 7.84. The highest BCUT2D eigenvalue weighted by Gasteiger charge is 2.34. The van der Waals surface area contributed by atoms with Crippen LogP contribution in [0.1, 0.15) is 57.2 Å². The molecule has 0 fully saturated rings. The van der Waals surface area contributed by atoms with Crippen molar-refractivity contribution in [1.29, 1.82) is 0 Å². The summed E-state index contributed by atoms with van der Waals surface area (Å²) >= 11 is 0. The average Bonchev–Trinajstić information content (AvgIpc) is 2.75. The number of amides is 1. The molecule has 2 rings (SSSR count). The smallest absolute Gasteiger partial charge is 0.416 e. The number of alkyl halides is 3. The Morgan fingerprint density at radius 3 is 2.27 bits per heavy atom. The fourth-order valence-corrected chi connectivity index (χ4v) is 3.85. The third kappa shape index (κ3) is 5.97. The lowest BCUT2D eigenvalue weighted by Crippen LogP contribution is -2.41. The summed E-state index contributed by atoms with van der Waals surface area (Å²) in [5.41, 5.74) is 1.49. The zero-order valence-corrected chi connectivity index (χ0v) is 19.5. The zero-order chi connectivity index (χ0) is 24.9. The van der Waals surface area contributed by atoms with E-state index in [0.717, 1.165) is 23.3 Å². The van der Waals surface area contributed by atoms with Crippen LogP contribution < -0.4 is 4.74 Å². The van der Waals surface area contributed by atoms with Crippen molar-refractivity contribution in [2.75, 3.05) is 6.61 Å². The maximum absolute atomic E-state index is 13.3. The van der Waals surface area contributed by atoms with Crippen LogP contribution in [-0.2, 0) is 11.0 Å². The van der Waals surface area contributed by atoms with Gasteiger partial charge in [0.2, 0.25) is 5.91 Å². The molecule has 4 nitrogen and oxygen atoms in total. The first-order valence-electron chi connectivity index (χ1n) is 10.7. The summed E-state index contributed by atoms with van der Waals surface area (Å²) in [6.07, 6.45) is -2.63. The minimum Gasteiger partial charge on any atom is -0.508 e. The van der Waals surface area contributed by atoms with Gasteiger partial charge in [-0.1, -0.05) is 37.3 Å². The van der Waals surface area contributed by atoms with Gasteiger partial charge in [0.05, 0.1) is 18.2 Å². The van der Waals surface area contributed by atoms with Crippen LogP contribution in [0.5, 0.6) is 11.5 Å². The molecule has 33 heavy (non-hydrogen) atoms. The summed E-state index contributed by atoms with van der Waals surface area (Å²) in [5, 5.41) is 9.64. The van der Waals surface area contributed by atoms with Crippen molar-refractivity contribution in [3.8, 4) is 11.5 Å². The van der Waals surface area contributed by atoms with Gasteiger partial charge in [-0.05, 0) is 56.7 Å². The number of ether oxygens (including phenoxy) is 1. The summed E-state index contributed by atoms with van der Waals surface area (Å²) in [4.78, 5) is 14.4. The van der Waals surface area contributed by atoms with Crippen LogP contribution in [0.4, 0.5) is 13.2 Å². The van der Waals surface area contributed by atoms with Crippen molar-refractivity contribution in [3.63, 3.8) is 0 Å². The molecule has 0 aliphatic heterocycles. The highest BCUT2D eigenvalue weighted by molar-refractivity contribution is 5.87. The van der Waals surface area contributed by atoms with Gasteiger partial charge in [-0.2, -0.15) is 13.2 Å². The molecule has 0 spiro atoms. The van der Waals surface area contributed by atoms with Crippen molar-refractivity contribution in [1.82, 2.24) is 4.90 Å². The Kier molecular flexibility index (Phi) is 8.36. The standard InChI is InChI=1S/C26H30F3NO3/c1-7-16(3)25(17(4)20-9-12-22(32)13-10-20)30(19(6)31)18(5)23-14-11-21(26(27,28)29)15-24(23)33-8-2/h7,9-15,17,25,32H,5,8H2,1-4,6H3/b16-7+. The lowest BCUT2D eigenvalue weighted by Gasteiger charge is -2.38. The first-order valence-corrected chi connectivity index (χ1v) is 10.7. The normalized spacial score (nSPS) is 13.9. The van der Waals surface area contributed by atoms with Crippen molar-refractivity contribution in [2.24, 2.45) is 0 Å². The number of allylic oxidation sites excluding steroid dienone is 1. The quantitative estimate of drug-likeness (QED) is 0.442.